The molecule has 1 saturated heterocycles. The molecule has 1 heterocycles. The number of fused-ring (bicyclic) bond motifs is 1. The average molecular weight is 1580 g/mol. The van der Waals surface area contributed by atoms with E-state index in [1.807, 2.05) is 146 Å². The number of hydrogen-bond acceptors (Lipinski definition) is 17. The van der Waals surface area contributed by atoms with Crippen LogP contribution < -0.4 is 30.1 Å². The van der Waals surface area contributed by atoms with Crippen molar-refractivity contribution in [1.82, 2.24) is 0 Å². The fourth-order valence-corrected chi connectivity index (χ4v) is 22.9. The van der Waals surface area contributed by atoms with E-state index in [1.54, 1.807) is 21.3 Å². The number of allylic oxidation sites excluding steroid dienone is 4. The van der Waals surface area contributed by atoms with Crippen molar-refractivity contribution in [3.63, 3.8) is 0 Å². The summed E-state index contributed by atoms with van der Waals surface area (Å²) in [6.45, 7) is 1.70. The molecule has 0 aromatic heterocycles. The molecule has 4 fully saturated rings. The normalized spacial score (nSPS) is 23.1. The second kappa shape index (κ2) is 45.6. The van der Waals surface area contributed by atoms with Gasteiger partial charge >= 0.3 is 181 Å². The Balaban J connectivity index is 0.000000185. The molecule has 8 N–H and O–H groups in total. The summed E-state index contributed by atoms with van der Waals surface area (Å²) in [6.07, 6.45) is 15.6. The van der Waals surface area contributed by atoms with E-state index in [9.17, 15) is 45.0 Å². The van der Waals surface area contributed by atoms with Gasteiger partial charge in [-0.2, -0.15) is 0 Å². The maximum atomic E-state index is 11.9. The molecule has 4 aliphatic rings. The number of methoxy groups -OCH3 is 3. The number of carboxylic acids is 2. The zero-order chi connectivity index (χ0) is 77.8. The number of rotatable bonds is 37. The van der Waals surface area contributed by atoms with Crippen LogP contribution in [-0.4, -0.2) is 149 Å². The van der Waals surface area contributed by atoms with Crippen molar-refractivity contribution in [3.05, 3.63) is 241 Å². The first kappa shape index (κ1) is 86.9. The van der Waals surface area contributed by atoms with E-state index < -0.39 is 35.7 Å². The van der Waals surface area contributed by atoms with Crippen molar-refractivity contribution in [3.8, 4) is 17.2 Å². The molecule has 0 spiro atoms. The van der Waals surface area contributed by atoms with Gasteiger partial charge in [0.05, 0.1) is 77.8 Å². The number of benzene rings is 7. The van der Waals surface area contributed by atoms with E-state index >= 15 is 0 Å². The Morgan fingerprint density at radius 3 is 1.18 bits per heavy atom. The van der Waals surface area contributed by atoms with Gasteiger partial charge in [0.15, 0.2) is 6.29 Å². The van der Waals surface area contributed by atoms with Crippen LogP contribution in [0.2, 0.25) is 0 Å². The molecule has 109 heavy (non-hydrogen) atoms. The molecule has 19 nitrogen and oxygen atoms in total. The molecule has 2 unspecified atom stereocenters. The SMILES string of the molecule is COc1ccc(CO[C@@H]2CC3OC(O)C[C@@H]3[C@H]2CO)cc1.COc1ccc(CO[C@@H]2C[C@H](O)[C@H](C/C=C\CCCC(=O)O)[C@H]2CO)cc1.COc1ccc(CO[C@@H]2C[C@H](O)[C@H](C/C=C\CCCC(=O)OCc3ccccc3)[C@H]2CO)cc1.O=C(O)CCCCP(Br)(c1ccccc1)(c1ccccc1)c1ccccc1. The Kier molecular flexibility index (Phi) is 36.4. The van der Waals surface area contributed by atoms with Crippen LogP contribution in [0.25, 0.3) is 0 Å². The molecule has 7 aromatic rings. The molecule has 0 radical (unpaired) electrons. The van der Waals surface area contributed by atoms with E-state index in [0.29, 0.717) is 90.6 Å². The molecule has 590 valence electrons. The standard InChI is InChI=1S/C28H36O6.C23H24BrO2P.C21H30O6.C16H22O5/c1-32-23-15-13-22(14-16-23)19-33-27-17-26(30)24(25(27)18-29)11-7-2-3-8-12-28(31)34-20-21-9-5-4-6-10-21;24-27(19-11-10-18-23(25)26,20-12-4-1-5-13-20,21-14-6-2-7-15-21)22-16-8-3-9-17-22;1-26-16-10-8-15(9-11-16)14-27-20-12-19(23)17(18(20)13-22)6-4-2-3-5-7-21(24)25;1-19-11-4-2-10(3-5-11)9-20-14-7-15-12(13(14)8-17)6-16(18)21-15/h2,4-7,9-10,13-16,24-27,29-30H,3,8,11-12,17-20H2,1H3;1-9,12-17H,10-11,18-19H2,(H,25,26);2,4,8-11,17-20,22-23H,3,5-7,12-14H2,1H3,(H,24,25);2-5,12-18H,6-9H2,1H3/b7-2-;;4-2-;/t24-,25-,26+,27-;;17-,18-,19+,20-;12-,13-,14-,15?,16?/m1.11/s1. The number of hydrogen-bond donors (Lipinski definition) is 8. The van der Waals surface area contributed by atoms with E-state index in [0.717, 1.165) is 64.9 Å². The Labute approximate surface area is 650 Å². The number of carboxylic acid groups (broad SMARTS) is 2. The third kappa shape index (κ3) is 26.0. The summed E-state index contributed by atoms with van der Waals surface area (Å²) in [5.41, 5.74) is 4.10. The van der Waals surface area contributed by atoms with Crippen molar-refractivity contribution in [2.24, 2.45) is 35.5 Å². The summed E-state index contributed by atoms with van der Waals surface area (Å²) >= 11 is 4.37. The Morgan fingerprint density at radius 2 is 0.798 bits per heavy atom. The molecule has 0 bridgehead atoms. The second-order valence-electron chi connectivity index (χ2n) is 28.3. The summed E-state index contributed by atoms with van der Waals surface area (Å²) in [7, 11) is 4.90. The molecule has 1 aliphatic heterocycles. The first-order chi connectivity index (χ1) is 52.9. The van der Waals surface area contributed by atoms with Gasteiger partial charge in [-0.25, -0.2) is 0 Å². The third-order valence-electron chi connectivity index (χ3n) is 21.3. The van der Waals surface area contributed by atoms with Gasteiger partial charge in [-0.15, -0.1) is 0 Å². The van der Waals surface area contributed by atoms with Crippen molar-refractivity contribution in [2.45, 2.75) is 166 Å². The number of unbranched alkanes of at least 4 members (excludes halogenated alkanes) is 3. The molecular formula is C88H112BrO19P. The van der Waals surface area contributed by atoms with Gasteiger partial charge in [-0.1, -0.05) is 91.0 Å². The van der Waals surface area contributed by atoms with Crippen LogP contribution in [0.15, 0.2) is 218 Å². The molecular weight excluding hydrogens is 1470 g/mol. The summed E-state index contributed by atoms with van der Waals surface area (Å²) < 4.78 is 44.2. The number of aliphatic hydroxyl groups is 6. The van der Waals surface area contributed by atoms with Crippen LogP contribution in [0.1, 0.15) is 119 Å². The van der Waals surface area contributed by atoms with Gasteiger partial charge in [-0.05, 0) is 115 Å². The van der Waals surface area contributed by atoms with Gasteiger partial charge in [0, 0.05) is 76.1 Å². The Bertz CT molecular complexity index is 3700. The predicted octanol–water partition coefficient (Wildman–Crippen LogP) is 13.6. The number of esters is 1. The molecule has 0 amide bonds. The molecule has 21 heteroatoms. The topological polar surface area (TPSA) is 287 Å². The zero-order valence-corrected chi connectivity index (χ0v) is 65.4. The van der Waals surface area contributed by atoms with Crippen molar-refractivity contribution < 1.29 is 93.1 Å². The van der Waals surface area contributed by atoms with E-state index in [1.165, 1.54) is 15.9 Å². The first-order valence-electron chi connectivity index (χ1n) is 38.0. The van der Waals surface area contributed by atoms with Gasteiger partial charge in [0.1, 0.15) is 23.9 Å². The number of aliphatic carboxylic acids is 2. The predicted molar refractivity (Wildman–Crippen MR) is 428 cm³/mol. The summed E-state index contributed by atoms with van der Waals surface area (Å²) in [5, 5.41) is 78.4. The average Bonchev–Trinajstić information content (AvgIpc) is 1.66. The van der Waals surface area contributed by atoms with Gasteiger partial charge in [-0.3, -0.25) is 9.59 Å². The summed E-state index contributed by atoms with van der Waals surface area (Å²) in [5.74, 6) is 0.637. The zero-order valence-electron chi connectivity index (χ0n) is 62.9. The Morgan fingerprint density at radius 1 is 0.431 bits per heavy atom. The molecule has 13 atom stereocenters. The third-order valence-corrected chi connectivity index (χ3v) is 31.3. The number of carbonyl (C=O) groups is 3. The van der Waals surface area contributed by atoms with Gasteiger partial charge in [0.25, 0.3) is 0 Å². The van der Waals surface area contributed by atoms with Crippen LogP contribution in [0, 0.1) is 35.5 Å². The monoisotopic (exact) mass is 1580 g/mol. The Hall–Kier alpha value is -7.66. The van der Waals surface area contributed by atoms with E-state index in [-0.39, 0.29) is 98.6 Å². The summed E-state index contributed by atoms with van der Waals surface area (Å²) in [4.78, 5) is 33.4. The minimum atomic E-state index is -2.89. The second-order valence-corrected chi connectivity index (χ2v) is 37.4. The number of halogens is 1. The van der Waals surface area contributed by atoms with Crippen LogP contribution in [-0.2, 0) is 64.5 Å². The number of carbonyl (C=O) groups excluding carboxylic acids is 1. The minimum absolute atomic E-state index is 0.0121. The fourth-order valence-electron chi connectivity index (χ4n) is 15.2. The number of ether oxygens (including phenoxy) is 8. The molecule has 11 rings (SSSR count). The van der Waals surface area contributed by atoms with Crippen molar-refractivity contribution >= 4 is 54.6 Å². The molecule has 7 aromatic carbocycles. The van der Waals surface area contributed by atoms with Crippen LogP contribution in [0.5, 0.6) is 17.2 Å². The van der Waals surface area contributed by atoms with Gasteiger partial charge in [0.2, 0.25) is 0 Å². The number of aliphatic hydroxyl groups excluding tert-OH is 6. The molecule has 3 saturated carbocycles. The van der Waals surface area contributed by atoms with Gasteiger partial charge < -0.3 is 73.6 Å². The van der Waals surface area contributed by atoms with Crippen LogP contribution >= 0.6 is 20.8 Å². The summed E-state index contributed by atoms with van der Waals surface area (Å²) in [6, 6.07) is 64.5. The van der Waals surface area contributed by atoms with Crippen molar-refractivity contribution in [1.29, 1.82) is 0 Å². The van der Waals surface area contributed by atoms with Crippen molar-refractivity contribution in [2.75, 3.05) is 47.3 Å². The maximum absolute atomic E-state index is 11.9. The van der Waals surface area contributed by atoms with Crippen LogP contribution in [0.3, 0.4) is 0 Å². The van der Waals surface area contributed by atoms with Crippen LogP contribution in [0.4, 0.5) is 0 Å². The first-order valence-corrected chi connectivity index (χ1v) is 42.4. The fraction of sp³-hybridized carbons (Fsp3) is 0.443. The van der Waals surface area contributed by atoms with E-state index in [2.05, 4.69) is 88.3 Å². The quantitative estimate of drug-likeness (QED) is 0.00777. The molecule has 3 aliphatic carbocycles. The van der Waals surface area contributed by atoms with E-state index in [4.69, 9.17) is 48.1 Å².